The van der Waals surface area contributed by atoms with Crippen LogP contribution in [0.3, 0.4) is 0 Å². The third kappa shape index (κ3) is 5.18. The van der Waals surface area contributed by atoms with Crippen LogP contribution in [0.5, 0.6) is 0 Å². The Labute approximate surface area is 180 Å². The van der Waals surface area contributed by atoms with Gasteiger partial charge in [0.05, 0.1) is 11.9 Å². The molecule has 9 nitrogen and oxygen atoms in total. The molecular formula is C22H27N7O2. The molecule has 2 aromatic heterocycles. The third-order valence-corrected chi connectivity index (χ3v) is 5.28. The monoisotopic (exact) mass is 421 g/mol. The minimum absolute atomic E-state index is 0.0607. The van der Waals surface area contributed by atoms with E-state index in [1.54, 1.807) is 10.7 Å². The molecule has 1 unspecified atom stereocenters. The lowest BCUT2D eigenvalue weighted by Crippen LogP contribution is -2.37. The van der Waals surface area contributed by atoms with Crippen LogP contribution in [0.25, 0.3) is 16.9 Å². The standard InChI is InChI=1S/C22H27N7O2/c1-15(30)23-11-12-25-20-8-9-21-26-14-19(29(21)28-20)16-4-6-17(7-5-16)22(31)27-13-18-3-2-10-24-18/h4-9,14,18,24H,2-3,10-13H2,1H3,(H,23,30)(H,25,28)(H,27,31). The molecule has 4 N–H and O–H groups in total. The first-order valence-corrected chi connectivity index (χ1v) is 10.6. The van der Waals surface area contributed by atoms with E-state index in [1.807, 2.05) is 36.4 Å². The van der Waals surface area contributed by atoms with Crippen molar-refractivity contribution in [2.24, 2.45) is 0 Å². The number of aromatic nitrogens is 3. The van der Waals surface area contributed by atoms with Crippen LogP contribution < -0.4 is 21.3 Å². The molecule has 0 saturated carbocycles. The number of nitrogens with zero attached hydrogens (tertiary/aromatic N) is 3. The Hall–Kier alpha value is -3.46. The first-order chi connectivity index (χ1) is 15.1. The SMILES string of the molecule is CC(=O)NCCNc1ccc2ncc(-c3ccc(C(=O)NCC4CCCN4)cc3)n2n1. The second kappa shape index (κ2) is 9.57. The highest BCUT2D eigenvalue weighted by Crippen LogP contribution is 2.21. The number of anilines is 1. The van der Waals surface area contributed by atoms with E-state index < -0.39 is 0 Å². The van der Waals surface area contributed by atoms with Crippen molar-refractivity contribution in [2.75, 3.05) is 31.5 Å². The summed E-state index contributed by atoms with van der Waals surface area (Å²) in [6.45, 7) is 4.25. The Bertz CT molecular complexity index is 1060. The van der Waals surface area contributed by atoms with E-state index in [0.29, 0.717) is 37.1 Å². The lowest BCUT2D eigenvalue weighted by molar-refractivity contribution is -0.118. The zero-order valence-electron chi connectivity index (χ0n) is 17.5. The van der Waals surface area contributed by atoms with Crippen molar-refractivity contribution in [1.29, 1.82) is 0 Å². The van der Waals surface area contributed by atoms with Gasteiger partial charge in [-0.25, -0.2) is 9.50 Å². The topological polar surface area (TPSA) is 112 Å². The fraction of sp³-hybridized carbons (Fsp3) is 0.364. The highest BCUT2D eigenvalue weighted by Gasteiger charge is 2.15. The Morgan fingerprint density at radius 1 is 1.13 bits per heavy atom. The average Bonchev–Trinajstić information content (AvgIpc) is 3.45. The number of carbonyl (C=O) groups excluding carboxylic acids is 2. The number of nitrogens with one attached hydrogen (secondary N) is 4. The largest absolute Gasteiger partial charge is 0.367 e. The van der Waals surface area contributed by atoms with Gasteiger partial charge in [0.15, 0.2) is 5.65 Å². The van der Waals surface area contributed by atoms with Crippen molar-refractivity contribution >= 4 is 23.3 Å². The Balaban J connectivity index is 1.43. The van der Waals surface area contributed by atoms with Gasteiger partial charge in [0.1, 0.15) is 5.82 Å². The van der Waals surface area contributed by atoms with Crippen LogP contribution >= 0.6 is 0 Å². The van der Waals surface area contributed by atoms with E-state index >= 15 is 0 Å². The van der Waals surface area contributed by atoms with Gasteiger partial charge in [-0.1, -0.05) is 12.1 Å². The van der Waals surface area contributed by atoms with Crippen molar-refractivity contribution in [3.8, 4) is 11.3 Å². The molecule has 4 rings (SSSR count). The molecule has 1 atom stereocenters. The Kier molecular flexibility index (Phi) is 6.42. The summed E-state index contributed by atoms with van der Waals surface area (Å²) in [5.74, 6) is 0.560. The van der Waals surface area contributed by atoms with Gasteiger partial charge in [-0.3, -0.25) is 9.59 Å². The first kappa shape index (κ1) is 20.8. The molecule has 0 radical (unpaired) electrons. The third-order valence-electron chi connectivity index (χ3n) is 5.28. The van der Waals surface area contributed by atoms with Gasteiger partial charge in [0, 0.05) is 43.7 Å². The van der Waals surface area contributed by atoms with Crippen molar-refractivity contribution in [3.63, 3.8) is 0 Å². The van der Waals surface area contributed by atoms with E-state index in [0.717, 1.165) is 36.3 Å². The van der Waals surface area contributed by atoms with Gasteiger partial charge >= 0.3 is 0 Å². The zero-order chi connectivity index (χ0) is 21.6. The molecule has 2 amide bonds. The van der Waals surface area contributed by atoms with Gasteiger partial charge in [-0.2, -0.15) is 0 Å². The molecule has 9 heteroatoms. The van der Waals surface area contributed by atoms with Crippen LogP contribution in [0.2, 0.25) is 0 Å². The second-order valence-corrected chi connectivity index (χ2v) is 7.62. The van der Waals surface area contributed by atoms with E-state index in [4.69, 9.17) is 0 Å². The summed E-state index contributed by atoms with van der Waals surface area (Å²) in [4.78, 5) is 27.8. The minimum atomic E-state index is -0.0674. The highest BCUT2D eigenvalue weighted by atomic mass is 16.2. The summed E-state index contributed by atoms with van der Waals surface area (Å²) in [5, 5.41) is 16.9. The predicted octanol–water partition coefficient (Wildman–Crippen LogP) is 1.43. The number of hydrogen-bond donors (Lipinski definition) is 4. The van der Waals surface area contributed by atoms with Gasteiger partial charge in [-0.05, 0) is 43.7 Å². The minimum Gasteiger partial charge on any atom is -0.367 e. The molecule has 1 aromatic carbocycles. The summed E-state index contributed by atoms with van der Waals surface area (Å²) in [7, 11) is 0. The van der Waals surface area contributed by atoms with Crippen molar-refractivity contribution < 1.29 is 9.59 Å². The van der Waals surface area contributed by atoms with Crippen LogP contribution in [0.4, 0.5) is 5.82 Å². The highest BCUT2D eigenvalue weighted by molar-refractivity contribution is 5.94. The van der Waals surface area contributed by atoms with E-state index in [1.165, 1.54) is 6.92 Å². The molecule has 1 fully saturated rings. The number of rotatable bonds is 8. The summed E-state index contributed by atoms with van der Waals surface area (Å²) >= 11 is 0. The van der Waals surface area contributed by atoms with E-state index in [9.17, 15) is 9.59 Å². The second-order valence-electron chi connectivity index (χ2n) is 7.62. The van der Waals surface area contributed by atoms with Crippen LogP contribution in [-0.2, 0) is 4.79 Å². The lowest BCUT2D eigenvalue weighted by atomic mass is 10.1. The van der Waals surface area contributed by atoms with E-state index in [-0.39, 0.29) is 11.8 Å². The van der Waals surface area contributed by atoms with Crippen LogP contribution in [-0.4, -0.2) is 58.6 Å². The fourth-order valence-electron chi connectivity index (χ4n) is 3.63. The molecule has 1 aliphatic rings. The summed E-state index contributed by atoms with van der Waals surface area (Å²) in [6.07, 6.45) is 4.03. The normalized spacial score (nSPS) is 15.7. The number of imidazole rings is 1. The quantitative estimate of drug-likeness (QED) is 0.409. The maximum absolute atomic E-state index is 12.4. The van der Waals surface area contributed by atoms with Gasteiger partial charge < -0.3 is 21.3 Å². The van der Waals surface area contributed by atoms with Crippen molar-refractivity contribution in [2.45, 2.75) is 25.8 Å². The predicted molar refractivity (Wildman–Crippen MR) is 119 cm³/mol. The molecule has 1 aliphatic heterocycles. The maximum Gasteiger partial charge on any atom is 0.251 e. The fourth-order valence-corrected chi connectivity index (χ4v) is 3.63. The molecule has 1 saturated heterocycles. The first-order valence-electron chi connectivity index (χ1n) is 10.6. The smallest absolute Gasteiger partial charge is 0.251 e. The lowest BCUT2D eigenvalue weighted by Gasteiger charge is -2.11. The van der Waals surface area contributed by atoms with Gasteiger partial charge in [0.2, 0.25) is 5.91 Å². The molecule has 3 heterocycles. The summed E-state index contributed by atoms with van der Waals surface area (Å²) < 4.78 is 1.77. The number of benzene rings is 1. The number of amides is 2. The molecule has 0 spiro atoms. The Morgan fingerprint density at radius 3 is 2.71 bits per heavy atom. The summed E-state index contributed by atoms with van der Waals surface area (Å²) in [6, 6.07) is 11.6. The number of carbonyl (C=O) groups is 2. The zero-order valence-corrected chi connectivity index (χ0v) is 17.5. The van der Waals surface area contributed by atoms with Gasteiger partial charge in [0.25, 0.3) is 5.91 Å². The van der Waals surface area contributed by atoms with Crippen LogP contribution in [0, 0.1) is 0 Å². The summed E-state index contributed by atoms with van der Waals surface area (Å²) in [5.41, 5.74) is 3.11. The molecule has 3 aromatic rings. The van der Waals surface area contributed by atoms with Crippen LogP contribution in [0.1, 0.15) is 30.1 Å². The van der Waals surface area contributed by atoms with Crippen molar-refractivity contribution in [3.05, 3.63) is 48.2 Å². The van der Waals surface area contributed by atoms with Gasteiger partial charge in [-0.15, -0.1) is 5.10 Å². The molecule has 31 heavy (non-hydrogen) atoms. The number of hydrogen-bond acceptors (Lipinski definition) is 6. The molecule has 0 aliphatic carbocycles. The molecule has 0 bridgehead atoms. The Morgan fingerprint density at radius 2 is 1.97 bits per heavy atom. The molecule has 162 valence electrons. The van der Waals surface area contributed by atoms with Crippen molar-refractivity contribution in [1.82, 2.24) is 30.5 Å². The molecular weight excluding hydrogens is 394 g/mol. The average molecular weight is 422 g/mol. The van der Waals surface area contributed by atoms with Crippen LogP contribution in [0.15, 0.2) is 42.6 Å². The number of fused-ring (bicyclic) bond motifs is 1. The maximum atomic E-state index is 12.4. The van der Waals surface area contributed by atoms with E-state index in [2.05, 4.69) is 31.3 Å².